The van der Waals surface area contributed by atoms with Gasteiger partial charge < -0.3 is 9.26 Å². The molecule has 0 saturated heterocycles. The van der Waals surface area contributed by atoms with Gasteiger partial charge in [0.1, 0.15) is 11.4 Å². The van der Waals surface area contributed by atoms with E-state index in [2.05, 4.69) is 26.5 Å². The SMILES string of the molecule is COC1(c2nc(-c3nnc4n3C3=CN(C#N)C(Cl)N3c3ccccc3-4)no2)CCCC1. The van der Waals surface area contributed by atoms with Crippen LogP contribution in [-0.4, -0.2) is 42.5 Å². The molecule has 0 radical (unpaired) electrons. The van der Waals surface area contributed by atoms with Gasteiger partial charge in [0, 0.05) is 12.7 Å². The normalized spacial score (nSPS) is 20.8. The number of ether oxygens (including phenoxy) is 1. The number of halogens is 1. The van der Waals surface area contributed by atoms with Gasteiger partial charge in [-0.15, -0.1) is 10.2 Å². The Hall–Kier alpha value is -3.42. The highest BCUT2D eigenvalue weighted by molar-refractivity contribution is 6.23. The lowest BCUT2D eigenvalue weighted by molar-refractivity contribution is -0.0342. The van der Waals surface area contributed by atoms with Gasteiger partial charge >= 0.3 is 0 Å². The first-order valence-corrected chi connectivity index (χ1v) is 10.4. The third kappa shape index (κ3) is 2.41. The molecule has 1 saturated carbocycles. The summed E-state index contributed by atoms with van der Waals surface area (Å²) in [4.78, 5) is 7.85. The molecule has 2 aromatic heterocycles. The van der Waals surface area contributed by atoms with Crippen molar-refractivity contribution in [3.8, 4) is 29.2 Å². The first-order chi connectivity index (χ1) is 15.2. The second kappa shape index (κ2) is 6.54. The Morgan fingerprint density at radius 3 is 2.77 bits per heavy atom. The lowest BCUT2D eigenvalue weighted by Crippen LogP contribution is -2.36. The number of methoxy groups -OCH3 is 1. The van der Waals surface area contributed by atoms with Gasteiger partial charge in [0.15, 0.2) is 17.6 Å². The van der Waals surface area contributed by atoms with Crippen LogP contribution in [0.5, 0.6) is 0 Å². The minimum Gasteiger partial charge on any atom is -0.368 e. The maximum atomic E-state index is 9.52. The molecular formula is C20H17ClN8O2. The lowest BCUT2D eigenvalue weighted by Gasteiger charge is -2.32. The number of rotatable bonds is 3. The molecule has 3 aromatic rings. The number of hydrogen-bond acceptors (Lipinski definition) is 9. The number of para-hydroxylation sites is 1. The van der Waals surface area contributed by atoms with Crippen molar-refractivity contribution in [3.05, 3.63) is 36.4 Å². The molecule has 1 unspecified atom stereocenters. The largest absolute Gasteiger partial charge is 0.368 e. The zero-order valence-corrected chi connectivity index (χ0v) is 17.3. The zero-order chi connectivity index (χ0) is 21.2. The Balaban J connectivity index is 1.52. The number of fused-ring (bicyclic) bond motifs is 6. The van der Waals surface area contributed by atoms with Crippen LogP contribution >= 0.6 is 11.6 Å². The first kappa shape index (κ1) is 18.4. The Morgan fingerprint density at radius 2 is 2.00 bits per heavy atom. The van der Waals surface area contributed by atoms with E-state index in [-0.39, 0.29) is 0 Å². The van der Waals surface area contributed by atoms with E-state index >= 15 is 0 Å². The van der Waals surface area contributed by atoms with Crippen LogP contribution in [0.3, 0.4) is 0 Å². The second-order valence-electron chi connectivity index (χ2n) is 7.70. The standard InChI is InChI=1S/C20H17ClN8O2/c1-30-20(8-4-5-9-20)18-23-15(26-31-18)17-25-24-16-12-6-2-3-7-13(12)28-14(29(16)17)10-27(11-22)19(28)21/h2-3,6-7,10,19H,4-5,8-9H2,1H3. The predicted molar refractivity (Wildman–Crippen MR) is 110 cm³/mol. The molecule has 0 bridgehead atoms. The van der Waals surface area contributed by atoms with Crippen molar-refractivity contribution >= 4 is 23.1 Å². The van der Waals surface area contributed by atoms with Gasteiger partial charge in [-0.25, -0.2) is 4.90 Å². The number of alkyl halides is 1. The fourth-order valence-corrected chi connectivity index (χ4v) is 4.91. The number of nitriles is 1. The Bertz CT molecular complexity index is 1250. The summed E-state index contributed by atoms with van der Waals surface area (Å²) in [6.07, 6.45) is 7.53. The van der Waals surface area contributed by atoms with E-state index in [1.165, 1.54) is 4.90 Å². The quantitative estimate of drug-likeness (QED) is 0.347. The molecule has 1 aliphatic carbocycles. The van der Waals surface area contributed by atoms with Crippen molar-refractivity contribution in [2.45, 2.75) is 36.9 Å². The molecule has 4 heterocycles. The molecule has 156 valence electrons. The topological polar surface area (TPSA) is 109 Å². The molecular weight excluding hydrogens is 420 g/mol. The molecule has 1 atom stereocenters. The monoisotopic (exact) mass is 436 g/mol. The third-order valence-corrected chi connectivity index (χ3v) is 6.58. The van der Waals surface area contributed by atoms with E-state index in [1.54, 1.807) is 17.9 Å². The molecule has 6 rings (SSSR count). The van der Waals surface area contributed by atoms with Crippen LogP contribution in [-0.2, 0) is 10.3 Å². The van der Waals surface area contributed by atoms with Crippen LogP contribution < -0.4 is 4.90 Å². The third-order valence-electron chi connectivity index (χ3n) is 6.17. The van der Waals surface area contributed by atoms with Crippen molar-refractivity contribution in [3.63, 3.8) is 0 Å². The van der Waals surface area contributed by atoms with Crippen molar-refractivity contribution in [1.82, 2.24) is 29.8 Å². The van der Waals surface area contributed by atoms with Crippen molar-refractivity contribution in [2.24, 2.45) is 0 Å². The summed E-state index contributed by atoms with van der Waals surface area (Å²) in [5.41, 5.74) is 0.425. The molecule has 0 N–H and O–H groups in total. The van der Waals surface area contributed by atoms with Crippen LogP contribution in [0.4, 0.5) is 5.69 Å². The van der Waals surface area contributed by atoms with Crippen molar-refractivity contribution < 1.29 is 9.26 Å². The summed E-state index contributed by atoms with van der Waals surface area (Å²) in [6.45, 7) is 0. The van der Waals surface area contributed by atoms with Crippen LogP contribution in [0.1, 0.15) is 31.6 Å². The van der Waals surface area contributed by atoms with Gasteiger partial charge in [-0.1, -0.05) is 28.9 Å². The summed E-state index contributed by atoms with van der Waals surface area (Å²) < 4.78 is 13.2. The van der Waals surface area contributed by atoms with Crippen LogP contribution in [0.15, 0.2) is 35.0 Å². The smallest absolute Gasteiger partial charge is 0.259 e. The van der Waals surface area contributed by atoms with E-state index in [1.807, 2.05) is 29.2 Å². The molecule has 3 aliphatic rings. The molecule has 2 aliphatic heterocycles. The summed E-state index contributed by atoms with van der Waals surface area (Å²) in [6, 6.07) is 7.71. The lowest BCUT2D eigenvalue weighted by atomic mass is 10.0. The van der Waals surface area contributed by atoms with E-state index in [4.69, 9.17) is 20.9 Å². The maximum absolute atomic E-state index is 9.52. The Labute approximate surface area is 182 Å². The highest BCUT2D eigenvalue weighted by atomic mass is 35.5. The number of aromatic nitrogens is 5. The molecule has 31 heavy (non-hydrogen) atoms. The van der Waals surface area contributed by atoms with Gasteiger partial charge in [0.25, 0.3) is 5.89 Å². The zero-order valence-electron chi connectivity index (χ0n) is 16.6. The molecule has 1 aromatic carbocycles. The molecule has 0 spiro atoms. The average molecular weight is 437 g/mol. The van der Waals surface area contributed by atoms with E-state index < -0.39 is 11.2 Å². The Morgan fingerprint density at radius 1 is 1.23 bits per heavy atom. The first-order valence-electron chi connectivity index (χ1n) is 9.95. The van der Waals surface area contributed by atoms with Gasteiger partial charge in [-0.2, -0.15) is 10.2 Å². The number of anilines is 1. The number of benzene rings is 1. The van der Waals surface area contributed by atoms with Crippen LogP contribution in [0.25, 0.3) is 28.9 Å². The summed E-state index contributed by atoms with van der Waals surface area (Å²) in [5.74, 6) is 2.42. The average Bonchev–Trinajstić information content (AvgIpc) is 3.58. The molecule has 11 heteroatoms. The molecule has 1 fully saturated rings. The van der Waals surface area contributed by atoms with Crippen LogP contribution in [0.2, 0.25) is 0 Å². The second-order valence-corrected chi connectivity index (χ2v) is 8.09. The number of hydrogen-bond donors (Lipinski definition) is 0. The van der Waals surface area contributed by atoms with E-state index in [0.717, 1.165) is 36.9 Å². The minimum atomic E-state index is -0.708. The highest BCUT2D eigenvalue weighted by Crippen LogP contribution is 2.46. The summed E-state index contributed by atoms with van der Waals surface area (Å²) in [7, 11) is 1.67. The van der Waals surface area contributed by atoms with Crippen molar-refractivity contribution in [1.29, 1.82) is 5.26 Å². The van der Waals surface area contributed by atoms with Crippen LogP contribution in [0, 0.1) is 11.5 Å². The highest BCUT2D eigenvalue weighted by Gasteiger charge is 2.43. The summed E-state index contributed by atoms with van der Waals surface area (Å²) >= 11 is 6.60. The minimum absolute atomic E-state index is 0.304. The summed E-state index contributed by atoms with van der Waals surface area (Å²) in [5, 5.41) is 22.5. The van der Waals surface area contributed by atoms with Gasteiger partial charge in [-0.05, 0) is 37.8 Å². The van der Waals surface area contributed by atoms with Crippen molar-refractivity contribution in [2.75, 3.05) is 12.0 Å². The fourth-order valence-electron chi connectivity index (χ4n) is 4.61. The molecule has 10 nitrogen and oxygen atoms in total. The van der Waals surface area contributed by atoms with Gasteiger partial charge in [0.2, 0.25) is 11.6 Å². The van der Waals surface area contributed by atoms with Gasteiger partial charge in [-0.3, -0.25) is 9.47 Å². The fraction of sp³-hybridized carbons (Fsp3) is 0.350. The maximum Gasteiger partial charge on any atom is 0.259 e. The number of nitrogens with zero attached hydrogens (tertiary/aromatic N) is 8. The van der Waals surface area contributed by atoms with Gasteiger partial charge in [0.05, 0.1) is 11.9 Å². The molecule has 0 amide bonds. The van der Waals surface area contributed by atoms with E-state index in [0.29, 0.717) is 29.2 Å². The Kier molecular flexibility index (Phi) is 3.87. The van der Waals surface area contributed by atoms with E-state index in [9.17, 15) is 5.26 Å². The predicted octanol–water partition coefficient (Wildman–Crippen LogP) is 3.31.